The predicted molar refractivity (Wildman–Crippen MR) is 78.8 cm³/mol. The largest absolute Gasteiger partial charge is 1.00 e. The van der Waals surface area contributed by atoms with Gasteiger partial charge in [0.15, 0.2) is 0 Å². The minimum Gasteiger partial charge on any atom is -0.545 e. The van der Waals surface area contributed by atoms with E-state index in [0.29, 0.717) is 0 Å². The number of carbonyl (C=O) groups excluding carboxylic acids is 2. The van der Waals surface area contributed by atoms with Crippen molar-refractivity contribution in [3.63, 3.8) is 0 Å². The van der Waals surface area contributed by atoms with Gasteiger partial charge in [-0.2, -0.15) is 0 Å². The zero-order valence-electron chi connectivity index (χ0n) is 13.3. The molecule has 0 spiro atoms. The molecule has 4 nitrogen and oxygen atoms in total. The molecule has 4 aromatic rings. The van der Waals surface area contributed by atoms with Crippen LogP contribution in [0.2, 0.25) is 0 Å². The molecule has 0 aliphatic heterocycles. The predicted octanol–water partition coefficient (Wildman–Crippen LogP) is -4.68. The Kier molecular flexibility index (Phi) is 4.99. The van der Waals surface area contributed by atoms with Gasteiger partial charge in [-0.3, -0.25) is 0 Å². The monoisotopic (exact) mass is 302 g/mol. The average molecular weight is 302 g/mol. The number of carboxylic acids is 2. The summed E-state index contributed by atoms with van der Waals surface area (Å²) in [6, 6.07) is 13.4. The second-order valence-electron chi connectivity index (χ2n) is 5.30. The molecule has 0 aromatic heterocycles. The molecule has 0 aliphatic carbocycles. The third-order valence-electron chi connectivity index (χ3n) is 4.01. The molecule has 0 fully saturated rings. The zero-order valence-corrected chi connectivity index (χ0v) is 13.3. The fourth-order valence-electron chi connectivity index (χ4n) is 3.07. The van der Waals surface area contributed by atoms with Crippen LogP contribution in [-0.2, 0) is 0 Å². The molecule has 0 bridgehead atoms. The second-order valence-corrected chi connectivity index (χ2v) is 5.30. The van der Waals surface area contributed by atoms with Crippen molar-refractivity contribution in [2.75, 3.05) is 0 Å². The second kappa shape index (κ2) is 6.51. The van der Waals surface area contributed by atoms with Crippen molar-refractivity contribution < 1.29 is 57.5 Å². The van der Waals surface area contributed by atoms with E-state index in [1.807, 2.05) is 0 Å². The Morgan fingerprint density at radius 3 is 1.04 bits per heavy atom. The minimum absolute atomic E-state index is 0. The third kappa shape index (κ3) is 2.69. The van der Waals surface area contributed by atoms with Gasteiger partial charge in [-0.05, 0) is 67.7 Å². The van der Waals surface area contributed by atoms with Crippen LogP contribution < -0.4 is 47.9 Å². The Morgan fingerprint density at radius 1 is 0.583 bits per heavy atom. The molecular weight excluding hydrogens is 294 g/mol. The maximum atomic E-state index is 11.1. The number of rotatable bonds is 2. The van der Waals surface area contributed by atoms with Gasteiger partial charge >= 0.3 is 37.7 Å². The molecule has 24 heavy (non-hydrogen) atoms. The summed E-state index contributed by atoms with van der Waals surface area (Å²) in [5, 5.41) is 27.2. The molecule has 106 valence electrons. The van der Waals surface area contributed by atoms with Crippen LogP contribution in [0.1, 0.15) is 20.7 Å². The SMILES string of the molecule is O=C([O-])c1cc2ccc3cc(C(=O)[O-])cc4ccc(c1)c2c34.[Li+].[Li+]. The summed E-state index contributed by atoms with van der Waals surface area (Å²) < 4.78 is 0. The molecule has 0 N–H and O–H groups in total. The maximum absolute atomic E-state index is 11.1. The smallest absolute Gasteiger partial charge is 0.545 e. The van der Waals surface area contributed by atoms with E-state index < -0.39 is 11.9 Å². The van der Waals surface area contributed by atoms with Crippen LogP contribution in [0, 0.1) is 0 Å². The molecule has 0 aliphatic rings. The van der Waals surface area contributed by atoms with Crippen molar-refractivity contribution >= 4 is 44.3 Å². The topological polar surface area (TPSA) is 80.3 Å². The molecule has 0 atom stereocenters. The van der Waals surface area contributed by atoms with Gasteiger partial charge in [-0.1, -0.05) is 24.3 Å². The molecule has 0 unspecified atom stereocenters. The van der Waals surface area contributed by atoms with Crippen molar-refractivity contribution in [2.45, 2.75) is 0 Å². The van der Waals surface area contributed by atoms with Crippen LogP contribution in [0.4, 0.5) is 0 Å². The molecule has 0 saturated carbocycles. The first-order chi connectivity index (χ1) is 10.5. The Balaban J connectivity index is 0.00000104. The van der Waals surface area contributed by atoms with Gasteiger partial charge < -0.3 is 19.8 Å². The van der Waals surface area contributed by atoms with Crippen LogP contribution in [0.5, 0.6) is 0 Å². The first-order valence-corrected chi connectivity index (χ1v) is 6.70. The molecule has 0 radical (unpaired) electrons. The first kappa shape index (κ1) is 18.4. The van der Waals surface area contributed by atoms with Crippen molar-refractivity contribution in [1.82, 2.24) is 0 Å². The van der Waals surface area contributed by atoms with Gasteiger partial charge in [-0.25, -0.2) is 0 Å². The van der Waals surface area contributed by atoms with Crippen LogP contribution in [-0.4, -0.2) is 11.9 Å². The summed E-state index contributed by atoms with van der Waals surface area (Å²) in [5.41, 5.74) is 0.252. The van der Waals surface area contributed by atoms with E-state index in [0.717, 1.165) is 32.3 Å². The molecule has 0 heterocycles. The van der Waals surface area contributed by atoms with E-state index in [2.05, 4.69) is 0 Å². The number of benzene rings is 4. The van der Waals surface area contributed by atoms with E-state index in [-0.39, 0.29) is 48.8 Å². The van der Waals surface area contributed by atoms with Gasteiger partial charge in [0.1, 0.15) is 0 Å². The van der Waals surface area contributed by atoms with Crippen LogP contribution >= 0.6 is 0 Å². The van der Waals surface area contributed by atoms with E-state index in [9.17, 15) is 19.8 Å². The maximum Gasteiger partial charge on any atom is 1.00 e. The summed E-state index contributed by atoms with van der Waals surface area (Å²) >= 11 is 0. The van der Waals surface area contributed by atoms with Gasteiger partial charge in [0.25, 0.3) is 0 Å². The Morgan fingerprint density at radius 2 is 0.833 bits per heavy atom. The van der Waals surface area contributed by atoms with E-state index in [4.69, 9.17) is 0 Å². The summed E-state index contributed by atoms with van der Waals surface area (Å²) in [6.07, 6.45) is 0. The molecule has 6 heteroatoms. The van der Waals surface area contributed by atoms with Gasteiger partial charge in [0, 0.05) is 0 Å². The fraction of sp³-hybridized carbons (Fsp3) is 0. The standard InChI is InChI=1S/C18H10O4.2Li/c19-17(20)13-5-9-1-2-10-6-14(18(21)22)8-12-4-3-11(7-13)15(9)16(10)12;;/h1-8H,(H,19,20)(H,21,22);;/q;2*+1/p-2. The zero-order chi connectivity index (χ0) is 15.4. The number of carbonyl (C=O) groups is 2. The van der Waals surface area contributed by atoms with Crippen molar-refractivity contribution in [1.29, 1.82) is 0 Å². The van der Waals surface area contributed by atoms with Crippen molar-refractivity contribution in [3.8, 4) is 0 Å². The summed E-state index contributed by atoms with van der Waals surface area (Å²) in [5.74, 6) is -2.44. The number of carboxylic acid groups (broad SMARTS) is 2. The summed E-state index contributed by atoms with van der Waals surface area (Å²) in [4.78, 5) is 22.2. The first-order valence-electron chi connectivity index (χ1n) is 6.70. The minimum atomic E-state index is -1.22. The molecule has 0 saturated heterocycles. The van der Waals surface area contributed by atoms with Crippen LogP contribution in [0.25, 0.3) is 32.3 Å². The Bertz CT molecular complexity index is 935. The molecule has 4 rings (SSSR count). The normalized spacial score (nSPS) is 10.5. The quantitative estimate of drug-likeness (QED) is 0.275. The van der Waals surface area contributed by atoms with E-state index in [1.165, 1.54) is 0 Å². The van der Waals surface area contributed by atoms with Gasteiger partial charge in [-0.15, -0.1) is 0 Å². The van der Waals surface area contributed by atoms with Gasteiger partial charge in [0.2, 0.25) is 0 Å². The number of hydrogen-bond acceptors (Lipinski definition) is 4. The van der Waals surface area contributed by atoms with Crippen LogP contribution in [0.15, 0.2) is 48.5 Å². The molecule has 0 amide bonds. The van der Waals surface area contributed by atoms with E-state index >= 15 is 0 Å². The number of hydrogen-bond donors (Lipinski definition) is 0. The Labute approximate surface area is 161 Å². The number of aromatic carboxylic acids is 2. The third-order valence-corrected chi connectivity index (χ3v) is 4.01. The van der Waals surface area contributed by atoms with Crippen molar-refractivity contribution in [3.05, 3.63) is 59.7 Å². The average Bonchev–Trinajstić information content (AvgIpc) is 2.51. The summed E-state index contributed by atoms with van der Waals surface area (Å²) in [6.45, 7) is 0. The fourth-order valence-corrected chi connectivity index (χ4v) is 3.07. The van der Waals surface area contributed by atoms with Gasteiger partial charge in [0.05, 0.1) is 11.9 Å². The molecule has 4 aromatic carbocycles. The van der Waals surface area contributed by atoms with Crippen molar-refractivity contribution in [2.24, 2.45) is 0 Å². The summed E-state index contributed by atoms with van der Waals surface area (Å²) in [7, 11) is 0. The molecular formula is C18H8Li2O4. The Hall–Kier alpha value is -1.95. The van der Waals surface area contributed by atoms with E-state index in [1.54, 1.807) is 48.5 Å². The van der Waals surface area contributed by atoms with Crippen LogP contribution in [0.3, 0.4) is 0 Å².